The van der Waals surface area contributed by atoms with Crippen LogP contribution in [0.1, 0.15) is 32.6 Å². The zero-order chi connectivity index (χ0) is 13.4. The third-order valence-corrected chi connectivity index (χ3v) is 3.07. The fraction of sp³-hybridized carbons (Fsp3) is 0.571. The SMILES string of the molecule is C=CCC[C@H]1C(C)=NO[C@H]1CC/C=C/C(=O)OC. The molecule has 0 spiro atoms. The number of esters is 1. The number of nitrogens with zero attached hydrogens (tertiary/aromatic N) is 1. The molecule has 0 aromatic heterocycles. The summed E-state index contributed by atoms with van der Waals surface area (Å²) in [5, 5.41) is 4.05. The highest BCUT2D eigenvalue weighted by Gasteiger charge is 2.30. The van der Waals surface area contributed by atoms with E-state index in [2.05, 4.69) is 16.5 Å². The van der Waals surface area contributed by atoms with Gasteiger partial charge in [0.2, 0.25) is 0 Å². The molecule has 1 heterocycles. The summed E-state index contributed by atoms with van der Waals surface area (Å²) >= 11 is 0. The Bertz CT molecular complexity index is 347. The lowest BCUT2D eigenvalue weighted by Gasteiger charge is -2.16. The predicted octanol–water partition coefficient (Wildman–Crippen LogP) is 2.85. The smallest absolute Gasteiger partial charge is 0.330 e. The Hall–Kier alpha value is -1.58. The van der Waals surface area contributed by atoms with Crippen LogP contribution in [0.3, 0.4) is 0 Å². The van der Waals surface area contributed by atoms with E-state index in [0.29, 0.717) is 5.92 Å². The van der Waals surface area contributed by atoms with Gasteiger partial charge in [-0.3, -0.25) is 0 Å². The highest BCUT2D eigenvalue weighted by Crippen LogP contribution is 2.26. The largest absolute Gasteiger partial charge is 0.466 e. The molecule has 1 aliphatic heterocycles. The summed E-state index contributed by atoms with van der Waals surface area (Å²) in [6.45, 7) is 5.73. The van der Waals surface area contributed by atoms with Crippen LogP contribution in [-0.2, 0) is 14.4 Å². The van der Waals surface area contributed by atoms with Gasteiger partial charge in [-0.15, -0.1) is 6.58 Å². The van der Waals surface area contributed by atoms with Gasteiger partial charge in [0.05, 0.1) is 12.8 Å². The van der Waals surface area contributed by atoms with Gasteiger partial charge in [-0.25, -0.2) is 4.79 Å². The van der Waals surface area contributed by atoms with Gasteiger partial charge in [0.1, 0.15) is 6.10 Å². The predicted molar refractivity (Wildman–Crippen MR) is 71.3 cm³/mol. The molecule has 4 heteroatoms. The maximum absolute atomic E-state index is 10.9. The summed E-state index contributed by atoms with van der Waals surface area (Å²) in [4.78, 5) is 16.3. The van der Waals surface area contributed by atoms with Gasteiger partial charge in [0.25, 0.3) is 0 Å². The molecule has 0 aromatic rings. The monoisotopic (exact) mass is 251 g/mol. The summed E-state index contributed by atoms with van der Waals surface area (Å²) in [6.07, 6.45) is 8.92. The first-order valence-electron chi connectivity index (χ1n) is 6.24. The summed E-state index contributed by atoms with van der Waals surface area (Å²) in [5.74, 6) is 0.0486. The summed E-state index contributed by atoms with van der Waals surface area (Å²) in [7, 11) is 1.37. The molecule has 4 nitrogen and oxygen atoms in total. The molecule has 100 valence electrons. The van der Waals surface area contributed by atoms with Crippen molar-refractivity contribution in [2.24, 2.45) is 11.1 Å². The van der Waals surface area contributed by atoms with E-state index in [0.717, 1.165) is 31.4 Å². The van der Waals surface area contributed by atoms with Crippen LogP contribution >= 0.6 is 0 Å². The molecule has 2 atom stereocenters. The normalized spacial score (nSPS) is 22.7. The average Bonchev–Trinajstić information content (AvgIpc) is 2.72. The third kappa shape index (κ3) is 4.35. The second-order valence-corrected chi connectivity index (χ2v) is 4.35. The molecule has 0 bridgehead atoms. The number of carbonyl (C=O) groups is 1. The molecular weight excluding hydrogens is 230 g/mol. The number of hydrogen-bond acceptors (Lipinski definition) is 4. The average molecular weight is 251 g/mol. The van der Waals surface area contributed by atoms with E-state index in [-0.39, 0.29) is 12.1 Å². The van der Waals surface area contributed by atoms with Crippen molar-refractivity contribution in [1.29, 1.82) is 0 Å². The number of ether oxygens (including phenoxy) is 1. The molecule has 0 saturated heterocycles. The maximum Gasteiger partial charge on any atom is 0.330 e. The lowest BCUT2D eigenvalue weighted by Crippen LogP contribution is -2.21. The fourth-order valence-corrected chi connectivity index (χ4v) is 2.02. The van der Waals surface area contributed by atoms with E-state index in [9.17, 15) is 4.79 Å². The zero-order valence-corrected chi connectivity index (χ0v) is 11.1. The van der Waals surface area contributed by atoms with Crippen molar-refractivity contribution in [3.8, 4) is 0 Å². The summed E-state index contributed by atoms with van der Waals surface area (Å²) < 4.78 is 4.52. The Morgan fingerprint density at radius 1 is 1.50 bits per heavy atom. The quantitative estimate of drug-likeness (QED) is 0.397. The van der Waals surface area contributed by atoms with Gasteiger partial charge >= 0.3 is 5.97 Å². The van der Waals surface area contributed by atoms with Gasteiger partial charge in [0, 0.05) is 12.0 Å². The molecule has 0 fully saturated rings. The molecule has 1 aliphatic rings. The second kappa shape index (κ2) is 7.69. The third-order valence-electron chi connectivity index (χ3n) is 3.07. The Morgan fingerprint density at radius 2 is 2.28 bits per heavy atom. The molecular formula is C14H21NO3. The number of oxime groups is 1. The van der Waals surface area contributed by atoms with Crippen LogP contribution in [0.4, 0.5) is 0 Å². The van der Waals surface area contributed by atoms with Crippen LogP contribution in [0.25, 0.3) is 0 Å². The highest BCUT2D eigenvalue weighted by atomic mass is 16.6. The number of rotatable bonds is 7. The minimum Gasteiger partial charge on any atom is -0.466 e. The zero-order valence-electron chi connectivity index (χ0n) is 11.1. The molecule has 0 aliphatic carbocycles. The van der Waals surface area contributed by atoms with Crippen LogP contribution in [0, 0.1) is 5.92 Å². The van der Waals surface area contributed by atoms with E-state index in [1.54, 1.807) is 0 Å². The second-order valence-electron chi connectivity index (χ2n) is 4.35. The molecule has 0 saturated carbocycles. The number of hydrogen-bond donors (Lipinski definition) is 0. The Morgan fingerprint density at radius 3 is 2.94 bits per heavy atom. The highest BCUT2D eigenvalue weighted by molar-refractivity contribution is 5.85. The van der Waals surface area contributed by atoms with E-state index >= 15 is 0 Å². The van der Waals surface area contributed by atoms with Crippen molar-refractivity contribution in [3.63, 3.8) is 0 Å². The Balaban J connectivity index is 2.35. The minimum atomic E-state index is -0.321. The van der Waals surface area contributed by atoms with Crippen LogP contribution in [-0.4, -0.2) is 24.9 Å². The first kappa shape index (κ1) is 14.5. The van der Waals surface area contributed by atoms with Crippen molar-refractivity contribution >= 4 is 11.7 Å². The van der Waals surface area contributed by atoms with Crippen LogP contribution in [0.5, 0.6) is 0 Å². The van der Waals surface area contributed by atoms with E-state index in [1.165, 1.54) is 13.2 Å². The molecule has 18 heavy (non-hydrogen) atoms. The number of carbonyl (C=O) groups excluding carboxylic acids is 1. The van der Waals surface area contributed by atoms with Crippen molar-refractivity contribution in [3.05, 3.63) is 24.8 Å². The maximum atomic E-state index is 10.9. The van der Waals surface area contributed by atoms with Gasteiger partial charge in [-0.1, -0.05) is 17.3 Å². The van der Waals surface area contributed by atoms with Crippen LogP contribution < -0.4 is 0 Å². The number of methoxy groups -OCH3 is 1. The number of allylic oxidation sites excluding steroid dienone is 2. The van der Waals surface area contributed by atoms with Gasteiger partial charge in [-0.2, -0.15) is 0 Å². The van der Waals surface area contributed by atoms with Crippen molar-refractivity contribution in [2.45, 2.75) is 38.7 Å². The van der Waals surface area contributed by atoms with Crippen LogP contribution in [0.15, 0.2) is 30.0 Å². The van der Waals surface area contributed by atoms with Gasteiger partial charge < -0.3 is 9.57 Å². The van der Waals surface area contributed by atoms with Gasteiger partial charge in [-0.05, 0) is 32.6 Å². The molecule has 0 amide bonds. The fourth-order valence-electron chi connectivity index (χ4n) is 2.02. The molecule has 0 aromatic carbocycles. The lowest BCUT2D eigenvalue weighted by molar-refractivity contribution is -0.134. The minimum absolute atomic E-state index is 0.118. The summed E-state index contributed by atoms with van der Waals surface area (Å²) in [5.41, 5.74) is 1.05. The van der Waals surface area contributed by atoms with Gasteiger partial charge in [0.15, 0.2) is 0 Å². The Labute approximate surface area is 108 Å². The lowest BCUT2D eigenvalue weighted by atomic mass is 9.90. The molecule has 0 unspecified atom stereocenters. The van der Waals surface area contributed by atoms with Crippen molar-refractivity contribution in [2.75, 3.05) is 7.11 Å². The van der Waals surface area contributed by atoms with Crippen molar-refractivity contribution < 1.29 is 14.4 Å². The molecule has 0 N–H and O–H groups in total. The van der Waals surface area contributed by atoms with E-state index < -0.39 is 0 Å². The van der Waals surface area contributed by atoms with Crippen LogP contribution in [0.2, 0.25) is 0 Å². The first-order chi connectivity index (χ1) is 8.69. The van der Waals surface area contributed by atoms with Crippen molar-refractivity contribution in [1.82, 2.24) is 0 Å². The standard InChI is InChI=1S/C14H21NO3/c1-4-5-8-12-11(2)15-18-13(12)9-6-7-10-14(16)17-3/h4,7,10,12-13H,1,5-6,8-9H2,2-3H3/b10-7+/t12-,13-/m0/s1. The van der Waals surface area contributed by atoms with E-state index in [4.69, 9.17) is 4.84 Å². The summed E-state index contributed by atoms with van der Waals surface area (Å²) in [6, 6.07) is 0. The molecule has 0 radical (unpaired) electrons. The molecule has 1 rings (SSSR count). The Kier molecular flexibility index (Phi) is 6.19. The first-order valence-corrected chi connectivity index (χ1v) is 6.24. The topological polar surface area (TPSA) is 47.9 Å². The van der Waals surface area contributed by atoms with E-state index in [1.807, 2.05) is 19.1 Å².